The van der Waals surface area contributed by atoms with Crippen molar-refractivity contribution in [2.75, 3.05) is 5.73 Å². The summed E-state index contributed by atoms with van der Waals surface area (Å²) in [6.07, 6.45) is 0. The molecule has 4 rings (SSSR count). The predicted molar refractivity (Wildman–Crippen MR) is 119 cm³/mol. The highest BCUT2D eigenvalue weighted by molar-refractivity contribution is 6.30. The summed E-state index contributed by atoms with van der Waals surface area (Å²) in [6.45, 7) is 0. The molecule has 1 aromatic heterocycles. The number of anilines is 1. The van der Waals surface area contributed by atoms with Crippen molar-refractivity contribution in [3.8, 4) is 45.6 Å². The zero-order valence-corrected chi connectivity index (χ0v) is 16.6. The summed E-state index contributed by atoms with van der Waals surface area (Å²) in [5.74, 6) is 0.0958. The number of benzene rings is 3. The SMILES string of the molecule is N#Cc1c(N)nc(-c2ccccc2)c(C#N)c1-c1cccc(-c2cccc(Cl)c2)c1. The molecule has 2 N–H and O–H groups in total. The van der Waals surface area contributed by atoms with Gasteiger partial charge in [0.2, 0.25) is 0 Å². The van der Waals surface area contributed by atoms with Gasteiger partial charge in [-0.25, -0.2) is 4.98 Å². The molecule has 1 heterocycles. The fourth-order valence-corrected chi connectivity index (χ4v) is 3.63. The van der Waals surface area contributed by atoms with Crippen molar-refractivity contribution in [2.24, 2.45) is 0 Å². The molecule has 4 nitrogen and oxygen atoms in total. The molecule has 0 aliphatic heterocycles. The van der Waals surface area contributed by atoms with E-state index < -0.39 is 0 Å². The molecule has 0 bridgehead atoms. The lowest BCUT2D eigenvalue weighted by Gasteiger charge is -2.14. The molecule has 0 radical (unpaired) electrons. The third-order valence-corrected chi connectivity index (χ3v) is 5.04. The van der Waals surface area contributed by atoms with Gasteiger partial charge in [0.25, 0.3) is 0 Å². The number of hydrogen-bond acceptors (Lipinski definition) is 4. The molecule has 0 unspecified atom stereocenters. The van der Waals surface area contributed by atoms with E-state index in [2.05, 4.69) is 17.1 Å². The Morgan fingerprint density at radius 3 is 1.97 bits per heavy atom. The fourth-order valence-electron chi connectivity index (χ4n) is 3.44. The highest BCUT2D eigenvalue weighted by Crippen LogP contribution is 2.37. The Kier molecular flexibility index (Phi) is 5.18. The third kappa shape index (κ3) is 3.49. The lowest BCUT2D eigenvalue weighted by Crippen LogP contribution is -2.04. The Hall–Kier alpha value is -4.12. The monoisotopic (exact) mass is 406 g/mol. The summed E-state index contributed by atoms with van der Waals surface area (Å²) in [4.78, 5) is 4.38. The van der Waals surface area contributed by atoms with E-state index >= 15 is 0 Å². The number of nitrogens with two attached hydrogens (primary N) is 1. The quantitative estimate of drug-likeness (QED) is 0.447. The minimum atomic E-state index is 0.0958. The number of pyridine rings is 1. The van der Waals surface area contributed by atoms with E-state index in [-0.39, 0.29) is 11.4 Å². The Labute approximate surface area is 179 Å². The maximum atomic E-state index is 10.00. The second-order valence-corrected chi connectivity index (χ2v) is 7.09. The van der Waals surface area contributed by atoms with Crippen LogP contribution in [0.15, 0.2) is 78.9 Å². The normalized spacial score (nSPS) is 10.2. The molecular weight excluding hydrogens is 392 g/mol. The Morgan fingerprint density at radius 1 is 0.700 bits per heavy atom. The van der Waals surface area contributed by atoms with Gasteiger partial charge in [-0.3, -0.25) is 0 Å². The van der Waals surface area contributed by atoms with Gasteiger partial charge in [-0.1, -0.05) is 72.3 Å². The molecule has 0 fully saturated rings. The fraction of sp³-hybridized carbons (Fsp3) is 0. The van der Waals surface area contributed by atoms with Gasteiger partial charge in [-0.15, -0.1) is 0 Å². The second kappa shape index (κ2) is 8.09. The van der Waals surface area contributed by atoms with Crippen LogP contribution in [-0.2, 0) is 0 Å². The Bertz CT molecular complexity index is 1330. The maximum Gasteiger partial charge on any atom is 0.142 e. The van der Waals surface area contributed by atoms with E-state index in [1.807, 2.05) is 78.9 Å². The first-order valence-corrected chi connectivity index (χ1v) is 9.55. The van der Waals surface area contributed by atoms with Crippen LogP contribution in [0.3, 0.4) is 0 Å². The second-order valence-electron chi connectivity index (χ2n) is 6.65. The number of rotatable bonds is 3. The summed E-state index contributed by atoms with van der Waals surface area (Å²) in [6, 6.07) is 28.8. The molecule has 3 aromatic carbocycles. The van der Waals surface area contributed by atoms with Crippen LogP contribution in [0.2, 0.25) is 5.02 Å². The van der Waals surface area contributed by atoms with Gasteiger partial charge in [0.05, 0.1) is 11.3 Å². The zero-order valence-electron chi connectivity index (χ0n) is 15.8. The first kappa shape index (κ1) is 19.2. The van der Waals surface area contributed by atoms with E-state index in [1.165, 1.54) is 0 Å². The van der Waals surface area contributed by atoms with Crippen LogP contribution in [0.1, 0.15) is 11.1 Å². The van der Waals surface area contributed by atoms with Crippen molar-refractivity contribution in [3.63, 3.8) is 0 Å². The van der Waals surface area contributed by atoms with Gasteiger partial charge in [0.15, 0.2) is 0 Å². The molecule has 0 spiro atoms. The number of halogens is 1. The summed E-state index contributed by atoms with van der Waals surface area (Å²) >= 11 is 6.15. The van der Waals surface area contributed by atoms with Crippen LogP contribution < -0.4 is 5.73 Å². The summed E-state index contributed by atoms with van der Waals surface area (Å²) in [5, 5.41) is 20.4. The molecule has 5 heteroatoms. The molecule has 0 atom stereocenters. The molecular formula is C25H15ClN4. The number of nitrogens with zero attached hydrogens (tertiary/aromatic N) is 3. The van der Waals surface area contributed by atoms with Gasteiger partial charge < -0.3 is 5.73 Å². The largest absolute Gasteiger partial charge is 0.383 e. The molecule has 0 saturated heterocycles. The van der Waals surface area contributed by atoms with Crippen molar-refractivity contribution in [2.45, 2.75) is 0 Å². The van der Waals surface area contributed by atoms with Crippen LogP contribution in [0.4, 0.5) is 5.82 Å². The number of hydrogen-bond donors (Lipinski definition) is 1. The standard InChI is InChI=1S/C25H15ClN4/c26-20-11-5-9-18(13-20)17-8-4-10-19(12-17)23-21(14-27)24(16-6-2-1-3-7-16)30-25(29)22(23)15-28/h1-13H,(H2,29,30). The van der Waals surface area contributed by atoms with Crippen LogP contribution >= 0.6 is 11.6 Å². The minimum absolute atomic E-state index is 0.0958. The third-order valence-electron chi connectivity index (χ3n) is 4.81. The molecule has 0 aliphatic carbocycles. The average molecular weight is 407 g/mol. The Morgan fingerprint density at radius 2 is 1.30 bits per heavy atom. The average Bonchev–Trinajstić information content (AvgIpc) is 2.79. The molecule has 30 heavy (non-hydrogen) atoms. The lowest BCUT2D eigenvalue weighted by molar-refractivity contribution is 1.29. The molecule has 142 valence electrons. The van der Waals surface area contributed by atoms with Gasteiger partial charge in [-0.2, -0.15) is 10.5 Å². The van der Waals surface area contributed by atoms with E-state index in [0.717, 1.165) is 16.7 Å². The first-order valence-electron chi connectivity index (χ1n) is 9.18. The highest BCUT2D eigenvalue weighted by atomic mass is 35.5. The van der Waals surface area contributed by atoms with E-state index in [0.29, 0.717) is 27.4 Å². The molecule has 0 saturated carbocycles. The van der Waals surface area contributed by atoms with Crippen LogP contribution in [-0.4, -0.2) is 4.98 Å². The Balaban J connectivity index is 2.00. The van der Waals surface area contributed by atoms with Crippen molar-refractivity contribution in [3.05, 3.63) is 95.0 Å². The van der Waals surface area contributed by atoms with Gasteiger partial charge in [0.1, 0.15) is 23.5 Å². The van der Waals surface area contributed by atoms with Crippen molar-refractivity contribution >= 4 is 17.4 Å². The van der Waals surface area contributed by atoms with Crippen molar-refractivity contribution in [1.29, 1.82) is 10.5 Å². The highest BCUT2D eigenvalue weighted by Gasteiger charge is 2.21. The molecule has 0 amide bonds. The first-order chi connectivity index (χ1) is 14.6. The summed E-state index contributed by atoms with van der Waals surface area (Å²) in [5.41, 5.74) is 10.9. The number of nitrogen functional groups attached to an aromatic ring is 1. The maximum absolute atomic E-state index is 10.00. The molecule has 4 aromatic rings. The number of nitriles is 2. The number of aromatic nitrogens is 1. The van der Waals surface area contributed by atoms with Crippen LogP contribution in [0.25, 0.3) is 33.5 Å². The summed E-state index contributed by atoms with van der Waals surface area (Å²) in [7, 11) is 0. The van der Waals surface area contributed by atoms with Gasteiger partial charge >= 0.3 is 0 Å². The van der Waals surface area contributed by atoms with Crippen molar-refractivity contribution in [1.82, 2.24) is 4.98 Å². The van der Waals surface area contributed by atoms with Crippen LogP contribution in [0.5, 0.6) is 0 Å². The molecule has 0 aliphatic rings. The lowest BCUT2D eigenvalue weighted by atomic mass is 9.91. The minimum Gasteiger partial charge on any atom is -0.383 e. The topological polar surface area (TPSA) is 86.5 Å². The van der Waals surface area contributed by atoms with Gasteiger partial charge in [-0.05, 0) is 34.9 Å². The smallest absolute Gasteiger partial charge is 0.142 e. The van der Waals surface area contributed by atoms with Crippen LogP contribution in [0, 0.1) is 22.7 Å². The van der Waals surface area contributed by atoms with E-state index in [4.69, 9.17) is 17.3 Å². The summed E-state index contributed by atoms with van der Waals surface area (Å²) < 4.78 is 0. The zero-order chi connectivity index (χ0) is 21.1. The predicted octanol–water partition coefficient (Wildman–Crippen LogP) is 6.06. The van der Waals surface area contributed by atoms with E-state index in [9.17, 15) is 10.5 Å². The van der Waals surface area contributed by atoms with E-state index in [1.54, 1.807) is 0 Å². The van der Waals surface area contributed by atoms with Gasteiger partial charge in [0, 0.05) is 16.1 Å². The van der Waals surface area contributed by atoms with Crippen molar-refractivity contribution < 1.29 is 0 Å².